The minimum absolute atomic E-state index is 0.0109. The second kappa shape index (κ2) is 10.7. The molecule has 0 saturated heterocycles. The number of hydrogen-bond acceptors (Lipinski definition) is 5. The first-order chi connectivity index (χ1) is 11.9. The van der Waals surface area contributed by atoms with Gasteiger partial charge in [0.15, 0.2) is 8.32 Å². The van der Waals surface area contributed by atoms with Gasteiger partial charge in [0, 0.05) is 12.6 Å². The first-order valence-corrected chi connectivity index (χ1v) is 12.0. The van der Waals surface area contributed by atoms with Crippen LogP contribution in [0.25, 0.3) is 0 Å². The molecule has 0 rings (SSSR count). The average Bonchev–Trinajstić information content (AvgIpc) is 2.55. The lowest BCUT2D eigenvalue weighted by molar-refractivity contribution is -0.139. The molecule has 0 aliphatic rings. The molecule has 0 aliphatic heterocycles. The van der Waals surface area contributed by atoms with E-state index >= 15 is 0 Å². The third kappa shape index (κ3) is 8.36. The number of amides is 1. The van der Waals surface area contributed by atoms with Gasteiger partial charge in [-0.3, -0.25) is 4.79 Å². The zero-order valence-corrected chi connectivity index (χ0v) is 18.8. The van der Waals surface area contributed by atoms with Crippen molar-refractivity contribution in [1.82, 2.24) is 5.32 Å². The van der Waals surface area contributed by atoms with Crippen LogP contribution in [-0.2, 0) is 18.7 Å². The van der Waals surface area contributed by atoms with Crippen LogP contribution in [0, 0.1) is 11.8 Å². The predicted octanol–water partition coefficient (Wildman–Crippen LogP) is 4.12. The second-order valence-corrected chi connectivity index (χ2v) is 13.1. The highest BCUT2D eigenvalue weighted by Crippen LogP contribution is 2.37. The molecule has 0 bridgehead atoms. The first kappa shape index (κ1) is 24.7. The van der Waals surface area contributed by atoms with Crippen molar-refractivity contribution >= 4 is 20.4 Å². The maximum absolute atomic E-state index is 11.8. The summed E-state index contributed by atoms with van der Waals surface area (Å²) in [6.45, 7) is 15.6. The first-order valence-electron chi connectivity index (χ1n) is 9.07. The van der Waals surface area contributed by atoms with Crippen LogP contribution < -0.4 is 5.32 Å². The number of nitrogens with one attached hydrogen (secondary N) is 1. The van der Waals surface area contributed by atoms with Gasteiger partial charge in [-0.05, 0) is 30.0 Å². The SMILES string of the molecule is COC(=O)C/C=C/[C@H](C)[C@@H](NC(=O)OC)[C@@H](C)CO[Si](C)(C)C(C)(C)C. The summed E-state index contributed by atoms with van der Waals surface area (Å²) in [6, 6.07) is -0.166. The monoisotopic (exact) mass is 387 g/mol. The lowest BCUT2D eigenvalue weighted by atomic mass is 9.90. The predicted molar refractivity (Wildman–Crippen MR) is 107 cm³/mol. The van der Waals surface area contributed by atoms with Gasteiger partial charge in [-0.1, -0.05) is 46.8 Å². The van der Waals surface area contributed by atoms with Gasteiger partial charge < -0.3 is 19.2 Å². The summed E-state index contributed by atoms with van der Waals surface area (Å²) in [6.07, 6.45) is 3.42. The summed E-state index contributed by atoms with van der Waals surface area (Å²) in [5.41, 5.74) is 0. The Hall–Kier alpha value is -1.34. The molecule has 0 aromatic carbocycles. The van der Waals surface area contributed by atoms with E-state index in [9.17, 15) is 9.59 Å². The fourth-order valence-corrected chi connectivity index (χ4v) is 3.34. The van der Waals surface area contributed by atoms with E-state index in [0.717, 1.165) is 0 Å². The molecule has 1 amide bonds. The fraction of sp³-hybridized carbons (Fsp3) is 0.789. The minimum atomic E-state index is -1.86. The molecule has 0 unspecified atom stereocenters. The Labute approximate surface area is 159 Å². The number of rotatable bonds is 9. The number of ether oxygens (including phenoxy) is 2. The summed E-state index contributed by atoms with van der Waals surface area (Å²) in [4.78, 5) is 23.0. The van der Waals surface area contributed by atoms with Crippen molar-refractivity contribution in [3.63, 3.8) is 0 Å². The normalized spacial score (nSPS) is 16.0. The molecule has 6 nitrogen and oxygen atoms in total. The number of carbonyl (C=O) groups is 2. The van der Waals surface area contributed by atoms with Gasteiger partial charge in [0.25, 0.3) is 0 Å². The smallest absolute Gasteiger partial charge is 0.407 e. The van der Waals surface area contributed by atoms with E-state index in [2.05, 4.69) is 50.8 Å². The van der Waals surface area contributed by atoms with Gasteiger partial charge >= 0.3 is 12.1 Å². The quantitative estimate of drug-likeness (QED) is 0.366. The largest absolute Gasteiger partial charge is 0.469 e. The third-order valence-electron chi connectivity index (χ3n) is 5.11. The Bertz CT molecular complexity index is 485. The Morgan fingerprint density at radius 2 is 1.69 bits per heavy atom. The van der Waals surface area contributed by atoms with Gasteiger partial charge in [-0.25, -0.2) is 4.79 Å². The van der Waals surface area contributed by atoms with Crippen molar-refractivity contribution < 1.29 is 23.5 Å². The summed E-state index contributed by atoms with van der Waals surface area (Å²) in [5.74, 6) is -0.196. The second-order valence-electron chi connectivity index (χ2n) is 8.28. The molecular weight excluding hydrogens is 350 g/mol. The Morgan fingerprint density at radius 3 is 2.15 bits per heavy atom. The van der Waals surface area contributed by atoms with Crippen molar-refractivity contribution in [3.05, 3.63) is 12.2 Å². The van der Waals surface area contributed by atoms with E-state index in [1.54, 1.807) is 6.08 Å². The van der Waals surface area contributed by atoms with Gasteiger partial charge in [0.05, 0.1) is 20.6 Å². The highest BCUT2D eigenvalue weighted by atomic mass is 28.4. The molecule has 0 aromatic rings. The summed E-state index contributed by atoms with van der Waals surface area (Å²) >= 11 is 0. The Balaban J connectivity index is 5.05. The van der Waals surface area contributed by atoms with Gasteiger partial charge in [0.2, 0.25) is 0 Å². The van der Waals surface area contributed by atoms with Gasteiger partial charge in [-0.15, -0.1) is 0 Å². The van der Waals surface area contributed by atoms with E-state index < -0.39 is 14.4 Å². The molecule has 0 fully saturated rings. The van der Waals surface area contributed by atoms with Crippen LogP contribution in [0.1, 0.15) is 41.0 Å². The van der Waals surface area contributed by atoms with E-state index in [4.69, 9.17) is 9.16 Å². The Kier molecular flexibility index (Phi) is 10.2. The number of hydrogen-bond donors (Lipinski definition) is 1. The van der Waals surface area contributed by atoms with Crippen molar-refractivity contribution in [3.8, 4) is 0 Å². The van der Waals surface area contributed by atoms with Crippen molar-refractivity contribution in [2.75, 3.05) is 20.8 Å². The lowest BCUT2D eigenvalue weighted by Crippen LogP contribution is -2.47. The molecule has 0 saturated carbocycles. The maximum Gasteiger partial charge on any atom is 0.407 e. The highest BCUT2D eigenvalue weighted by Gasteiger charge is 2.38. The molecule has 152 valence electrons. The van der Waals surface area contributed by atoms with Crippen LogP contribution in [0.3, 0.4) is 0 Å². The molecule has 26 heavy (non-hydrogen) atoms. The average molecular weight is 388 g/mol. The van der Waals surface area contributed by atoms with Crippen LogP contribution in [0.4, 0.5) is 4.79 Å². The molecule has 7 heteroatoms. The molecule has 3 atom stereocenters. The standard InChI is InChI=1S/C19H37NO5Si/c1-14(11-10-12-16(21)23-6)17(20-18(22)24-7)15(2)13-25-26(8,9)19(3,4)5/h10-11,14-15,17H,12-13H2,1-9H3,(H,20,22)/b11-10+/t14-,15-,17+/m0/s1. The number of carbonyl (C=O) groups excluding carboxylic acids is 2. The number of alkyl carbamates (subject to hydrolysis) is 1. The van der Waals surface area contributed by atoms with Crippen LogP contribution >= 0.6 is 0 Å². The Morgan fingerprint density at radius 1 is 1.12 bits per heavy atom. The summed E-state index contributed by atoms with van der Waals surface area (Å²) in [5, 5.41) is 3.03. The van der Waals surface area contributed by atoms with Crippen molar-refractivity contribution in [2.45, 2.75) is 65.2 Å². The minimum Gasteiger partial charge on any atom is -0.469 e. The van der Waals surface area contributed by atoms with Gasteiger partial charge in [-0.2, -0.15) is 0 Å². The zero-order chi connectivity index (χ0) is 20.5. The van der Waals surface area contributed by atoms with Crippen LogP contribution in [0.5, 0.6) is 0 Å². The van der Waals surface area contributed by atoms with E-state index in [-0.39, 0.29) is 35.3 Å². The fourth-order valence-electron chi connectivity index (χ4n) is 2.23. The number of esters is 1. The van der Waals surface area contributed by atoms with Crippen LogP contribution in [0.15, 0.2) is 12.2 Å². The van der Waals surface area contributed by atoms with Crippen molar-refractivity contribution in [2.24, 2.45) is 11.8 Å². The topological polar surface area (TPSA) is 73.9 Å². The molecule has 0 spiro atoms. The summed E-state index contributed by atoms with van der Waals surface area (Å²) in [7, 11) is 0.846. The van der Waals surface area contributed by atoms with Crippen molar-refractivity contribution in [1.29, 1.82) is 0 Å². The van der Waals surface area contributed by atoms with E-state index in [1.165, 1.54) is 14.2 Å². The van der Waals surface area contributed by atoms with Gasteiger partial charge in [0.1, 0.15) is 0 Å². The summed E-state index contributed by atoms with van der Waals surface area (Å²) < 4.78 is 15.7. The molecule has 1 N–H and O–H groups in total. The molecule has 0 aromatic heterocycles. The van der Waals surface area contributed by atoms with E-state index in [1.807, 2.05) is 13.0 Å². The third-order valence-corrected chi connectivity index (χ3v) is 9.62. The highest BCUT2D eigenvalue weighted by molar-refractivity contribution is 6.74. The molecular formula is C19H37NO5Si. The molecule has 0 radical (unpaired) electrons. The van der Waals surface area contributed by atoms with E-state index in [0.29, 0.717) is 6.61 Å². The molecule has 0 aliphatic carbocycles. The zero-order valence-electron chi connectivity index (χ0n) is 17.8. The van der Waals surface area contributed by atoms with Crippen LogP contribution in [0.2, 0.25) is 18.1 Å². The lowest BCUT2D eigenvalue weighted by Gasteiger charge is -2.38. The molecule has 0 heterocycles. The van der Waals surface area contributed by atoms with Crippen LogP contribution in [-0.4, -0.2) is 47.2 Å². The maximum atomic E-state index is 11.8. The number of methoxy groups -OCH3 is 2.